The second-order valence-electron chi connectivity index (χ2n) is 5.75. The van der Waals surface area contributed by atoms with Gasteiger partial charge in [0.25, 0.3) is 0 Å². The van der Waals surface area contributed by atoms with Crippen LogP contribution in [-0.2, 0) is 11.2 Å². The van der Waals surface area contributed by atoms with Crippen LogP contribution >= 0.6 is 0 Å². The quantitative estimate of drug-likeness (QED) is 0.854. The Balaban J connectivity index is 1.95. The number of rotatable bonds is 4. The number of phenolic OH excluding ortho intramolecular Hbond substituents is 1. The molecule has 0 radical (unpaired) electrons. The Bertz CT molecular complexity index is 753. The predicted molar refractivity (Wildman–Crippen MR) is 87.7 cm³/mol. The van der Waals surface area contributed by atoms with E-state index >= 15 is 0 Å². The maximum atomic E-state index is 12.5. The lowest BCUT2D eigenvalue weighted by molar-refractivity contribution is -0.122. The summed E-state index contributed by atoms with van der Waals surface area (Å²) in [4.78, 5) is 24.6. The van der Waals surface area contributed by atoms with Crippen LogP contribution in [0.1, 0.15) is 46.3 Å². The SMILES string of the molecule is CCNC(=O)C1CCc2cc(C(=O)c3ccccc3)c(O)cc21. The third-order valence-electron chi connectivity index (χ3n) is 4.28. The molecule has 4 nitrogen and oxygen atoms in total. The van der Waals surface area contributed by atoms with Gasteiger partial charge in [-0.25, -0.2) is 0 Å². The minimum absolute atomic E-state index is 0.0206. The van der Waals surface area contributed by atoms with Crippen molar-refractivity contribution in [2.24, 2.45) is 0 Å². The summed E-state index contributed by atoms with van der Waals surface area (Å²) in [7, 11) is 0. The number of carbonyl (C=O) groups is 2. The lowest BCUT2D eigenvalue weighted by Crippen LogP contribution is -2.27. The maximum absolute atomic E-state index is 12.5. The third kappa shape index (κ3) is 2.84. The average molecular weight is 309 g/mol. The number of nitrogens with one attached hydrogen (secondary N) is 1. The predicted octanol–water partition coefficient (Wildman–Crippen LogP) is 2.79. The number of ketones is 1. The minimum Gasteiger partial charge on any atom is -0.507 e. The monoisotopic (exact) mass is 309 g/mol. The first-order valence-corrected chi connectivity index (χ1v) is 7.85. The van der Waals surface area contributed by atoms with Crippen LogP contribution in [0.5, 0.6) is 5.75 Å². The van der Waals surface area contributed by atoms with Crippen LogP contribution in [-0.4, -0.2) is 23.3 Å². The molecule has 1 atom stereocenters. The van der Waals surface area contributed by atoms with E-state index in [0.717, 1.165) is 17.5 Å². The van der Waals surface area contributed by atoms with E-state index in [1.54, 1.807) is 36.4 Å². The van der Waals surface area contributed by atoms with Crippen LogP contribution in [0.25, 0.3) is 0 Å². The van der Waals surface area contributed by atoms with Gasteiger partial charge in [-0.05, 0) is 43.0 Å². The van der Waals surface area contributed by atoms with Crippen molar-refractivity contribution in [2.75, 3.05) is 6.54 Å². The maximum Gasteiger partial charge on any atom is 0.227 e. The molecular weight excluding hydrogens is 290 g/mol. The molecule has 0 heterocycles. The lowest BCUT2D eigenvalue weighted by atomic mass is 9.95. The average Bonchev–Trinajstić information content (AvgIpc) is 2.97. The molecule has 0 spiro atoms. The number of amides is 1. The van der Waals surface area contributed by atoms with E-state index in [1.807, 2.05) is 13.0 Å². The van der Waals surface area contributed by atoms with E-state index in [2.05, 4.69) is 5.32 Å². The second kappa shape index (κ2) is 6.24. The summed E-state index contributed by atoms with van der Waals surface area (Å²) in [5.41, 5.74) is 2.64. The fourth-order valence-electron chi connectivity index (χ4n) is 3.14. The van der Waals surface area contributed by atoms with Crippen LogP contribution in [0.15, 0.2) is 42.5 Å². The molecule has 3 rings (SSSR count). The fraction of sp³-hybridized carbons (Fsp3) is 0.263. The Kier molecular flexibility index (Phi) is 4.15. The lowest BCUT2D eigenvalue weighted by Gasteiger charge is -2.13. The highest BCUT2D eigenvalue weighted by Crippen LogP contribution is 2.37. The molecule has 0 aromatic heterocycles. The first kappa shape index (κ1) is 15.3. The molecule has 0 saturated heterocycles. The molecule has 0 aliphatic heterocycles. The number of hydrogen-bond donors (Lipinski definition) is 2. The fourth-order valence-corrected chi connectivity index (χ4v) is 3.14. The van der Waals surface area contributed by atoms with Crippen LogP contribution < -0.4 is 5.32 Å². The summed E-state index contributed by atoms with van der Waals surface area (Å²) in [6.07, 6.45) is 1.45. The third-order valence-corrected chi connectivity index (χ3v) is 4.28. The van der Waals surface area contributed by atoms with Crippen molar-refractivity contribution in [3.05, 3.63) is 64.7 Å². The Hall–Kier alpha value is -2.62. The van der Waals surface area contributed by atoms with Gasteiger partial charge in [0.05, 0.1) is 11.5 Å². The Labute approximate surface area is 135 Å². The molecule has 4 heteroatoms. The van der Waals surface area contributed by atoms with Gasteiger partial charge in [0.2, 0.25) is 5.91 Å². The molecule has 2 aromatic carbocycles. The van der Waals surface area contributed by atoms with Crippen molar-refractivity contribution in [3.8, 4) is 5.75 Å². The Morgan fingerprint density at radius 2 is 1.96 bits per heavy atom. The number of hydrogen-bond acceptors (Lipinski definition) is 3. The first-order chi connectivity index (χ1) is 11.1. The van der Waals surface area contributed by atoms with Crippen molar-refractivity contribution in [1.82, 2.24) is 5.32 Å². The van der Waals surface area contributed by atoms with Gasteiger partial charge < -0.3 is 10.4 Å². The molecule has 0 saturated carbocycles. The van der Waals surface area contributed by atoms with E-state index in [0.29, 0.717) is 24.1 Å². The van der Waals surface area contributed by atoms with Gasteiger partial charge in [-0.2, -0.15) is 0 Å². The Morgan fingerprint density at radius 3 is 2.65 bits per heavy atom. The zero-order valence-corrected chi connectivity index (χ0v) is 13.0. The van der Waals surface area contributed by atoms with E-state index in [4.69, 9.17) is 0 Å². The summed E-state index contributed by atoms with van der Waals surface area (Å²) in [5, 5.41) is 13.1. The van der Waals surface area contributed by atoms with Crippen molar-refractivity contribution < 1.29 is 14.7 Å². The molecule has 23 heavy (non-hydrogen) atoms. The molecule has 0 bridgehead atoms. The van der Waals surface area contributed by atoms with Gasteiger partial charge in [0.1, 0.15) is 5.75 Å². The summed E-state index contributed by atoms with van der Waals surface area (Å²) in [6, 6.07) is 12.2. The number of benzene rings is 2. The molecule has 0 fully saturated rings. The molecule has 118 valence electrons. The van der Waals surface area contributed by atoms with Crippen LogP contribution in [0.2, 0.25) is 0 Å². The number of fused-ring (bicyclic) bond motifs is 1. The first-order valence-electron chi connectivity index (χ1n) is 7.85. The zero-order chi connectivity index (χ0) is 16.4. The summed E-state index contributed by atoms with van der Waals surface area (Å²) >= 11 is 0. The van der Waals surface area contributed by atoms with Crippen LogP contribution in [0, 0.1) is 0 Å². The number of phenols is 1. The van der Waals surface area contributed by atoms with E-state index in [1.165, 1.54) is 0 Å². The normalized spacial score (nSPS) is 16.0. The number of carbonyl (C=O) groups excluding carboxylic acids is 2. The van der Waals surface area contributed by atoms with E-state index in [9.17, 15) is 14.7 Å². The number of likely N-dealkylation sites (N-methyl/N-ethyl adjacent to an activating group) is 1. The zero-order valence-electron chi connectivity index (χ0n) is 13.0. The number of aryl methyl sites for hydroxylation is 1. The Morgan fingerprint density at radius 1 is 1.22 bits per heavy atom. The van der Waals surface area contributed by atoms with E-state index < -0.39 is 0 Å². The van der Waals surface area contributed by atoms with Crippen LogP contribution in [0.4, 0.5) is 0 Å². The standard InChI is InChI=1S/C19H19NO3/c1-2-20-19(23)14-9-8-13-10-16(17(21)11-15(13)14)18(22)12-6-4-3-5-7-12/h3-7,10-11,14,21H,2,8-9H2,1H3,(H,20,23). The highest BCUT2D eigenvalue weighted by molar-refractivity contribution is 6.11. The van der Waals surface area contributed by atoms with Gasteiger partial charge in [-0.3, -0.25) is 9.59 Å². The van der Waals surface area contributed by atoms with E-state index in [-0.39, 0.29) is 23.4 Å². The van der Waals surface area contributed by atoms with Crippen molar-refractivity contribution in [1.29, 1.82) is 0 Å². The van der Waals surface area contributed by atoms with Crippen molar-refractivity contribution in [2.45, 2.75) is 25.7 Å². The highest BCUT2D eigenvalue weighted by atomic mass is 16.3. The minimum atomic E-state index is -0.239. The summed E-state index contributed by atoms with van der Waals surface area (Å²) < 4.78 is 0. The molecular formula is C19H19NO3. The highest BCUT2D eigenvalue weighted by Gasteiger charge is 2.30. The van der Waals surface area contributed by atoms with Crippen molar-refractivity contribution >= 4 is 11.7 Å². The van der Waals surface area contributed by atoms with Gasteiger partial charge in [-0.1, -0.05) is 30.3 Å². The summed E-state index contributed by atoms with van der Waals surface area (Å²) in [5.74, 6) is -0.523. The molecule has 1 amide bonds. The molecule has 2 N–H and O–H groups in total. The molecule has 1 aliphatic rings. The van der Waals surface area contributed by atoms with Crippen molar-refractivity contribution in [3.63, 3.8) is 0 Å². The van der Waals surface area contributed by atoms with Gasteiger partial charge >= 0.3 is 0 Å². The van der Waals surface area contributed by atoms with Gasteiger partial charge in [0.15, 0.2) is 5.78 Å². The largest absolute Gasteiger partial charge is 0.507 e. The van der Waals surface area contributed by atoms with Crippen LogP contribution in [0.3, 0.4) is 0 Å². The molecule has 1 unspecified atom stereocenters. The second-order valence-corrected chi connectivity index (χ2v) is 5.75. The van der Waals surface area contributed by atoms with Gasteiger partial charge in [0, 0.05) is 12.1 Å². The summed E-state index contributed by atoms with van der Waals surface area (Å²) in [6.45, 7) is 2.47. The smallest absolute Gasteiger partial charge is 0.227 e. The number of aromatic hydroxyl groups is 1. The van der Waals surface area contributed by atoms with Gasteiger partial charge in [-0.15, -0.1) is 0 Å². The molecule has 2 aromatic rings. The topological polar surface area (TPSA) is 66.4 Å². The molecule has 1 aliphatic carbocycles.